The van der Waals surface area contributed by atoms with Gasteiger partial charge in [-0.2, -0.15) is 0 Å². The number of aldehydes is 1. The number of ether oxygens (including phenoxy) is 1. The van der Waals surface area contributed by atoms with E-state index in [-0.39, 0.29) is 5.41 Å². The van der Waals surface area contributed by atoms with E-state index in [1.54, 1.807) is 0 Å². The second-order valence-corrected chi connectivity index (χ2v) is 6.03. The van der Waals surface area contributed by atoms with Crippen molar-refractivity contribution >= 4 is 22.2 Å². The van der Waals surface area contributed by atoms with Crippen molar-refractivity contribution in [2.24, 2.45) is 0 Å². The molecule has 3 heteroatoms. The Balaban J connectivity index is 3.12. The van der Waals surface area contributed by atoms with Gasteiger partial charge in [0, 0.05) is 12.0 Å². The quantitative estimate of drug-likeness (QED) is 0.620. The first-order valence-electron chi connectivity index (χ1n) is 5.73. The first-order valence-corrected chi connectivity index (χ1v) is 6.52. The predicted octanol–water partition coefficient (Wildman–Crippen LogP) is 4.02. The maximum atomic E-state index is 10.3. The van der Waals surface area contributed by atoms with Crippen LogP contribution in [0.4, 0.5) is 0 Å². The van der Waals surface area contributed by atoms with Crippen LogP contribution in [-0.2, 0) is 10.2 Å². The van der Waals surface area contributed by atoms with E-state index < -0.39 is 0 Å². The number of hydrogen-bond donors (Lipinski definition) is 0. The van der Waals surface area contributed by atoms with E-state index in [9.17, 15) is 4.79 Å². The Kier molecular flexibility index (Phi) is 4.75. The van der Waals surface area contributed by atoms with Crippen molar-refractivity contribution in [3.63, 3.8) is 0 Å². The van der Waals surface area contributed by atoms with Crippen LogP contribution < -0.4 is 4.74 Å². The molecule has 0 N–H and O–H groups in total. The zero-order valence-electron chi connectivity index (χ0n) is 10.8. The summed E-state index contributed by atoms with van der Waals surface area (Å²) in [6.07, 6.45) is 1.29. The first-order chi connectivity index (χ1) is 7.86. The SMILES string of the molecule is Cc1cc(Br)c(OCCC=O)c(C(C)(C)C)c1. The molecule has 0 aromatic heterocycles. The normalized spacial score (nSPS) is 11.4. The van der Waals surface area contributed by atoms with Gasteiger partial charge in [0.1, 0.15) is 12.0 Å². The number of halogens is 1. The largest absolute Gasteiger partial charge is 0.492 e. The average molecular weight is 299 g/mol. The third kappa shape index (κ3) is 3.84. The first kappa shape index (κ1) is 14.2. The van der Waals surface area contributed by atoms with Crippen molar-refractivity contribution in [3.05, 3.63) is 27.7 Å². The fourth-order valence-corrected chi connectivity index (χ4v) is 2.33. The predicted molar refractivity (Wildman–Crippen MR) is 73.8 cm³/mol. The lowest BCUT2D eigenvalue weighted by Crippen LogP contribution is -2.14. The summed E-state index contributed by atoms with van der Waals surface area (Å²) in [6.45, 7) is 8.95. The van der Waals surface area contributed by atoms with Crippen LogP contribution >= 0.6 is 15.9 Å². The van der Waals surface area contributed by atoms with E-state index >= 15 is 0 Å². The lowest BCUT2D eigenvalue weighted by atomic mass is 9.85. The number of carbonyl (C=O) groups excluding carboxylic acids is 1. The van der Waals surface area contributed by atoms with Crippen molar-refractivity contribution in [2.45, 2.75) is 39.5 Å². The second kappa shape index (κ2) is 5.67. The summed E-state index contributed by atoms with van der Waals surface area (Å²) >= 11 is 3.53. The highest BCUT2D eigenvalue weighted by atomic mass is 79.9. The summed E-state index contributed by atoms with van der Waals surface area (Å²) in [5.41, 5.74) is 2.38. The maximum Gasteiger partial charge on any atom is 0.137 e. The zero-order valence-corrected chi connectivity index (χ0v) is 12.4. The van der Waals surface area contributed by atoms with E-state index in [1.807, 2.05) is 6.07 Å². The third-order valence-corrected chi connectivity index (χ3v) is 3.07. The van der Waals surface area contributed by atoms with Crippen molar-refractivity contribution < 1.29 is 9.53 Å². The highest BCUT2D eigenvalue weighted by molar-refractivity contribution is 9.10. The Bertz CT molecular complexity index is 405. The van der Waals surface area contributed by atoms with Crippen LogP contribution in [0.25, 0.3) is 0 Å². The second-order valence-electron chi connectivity index (χ2n) is 5.18. The van der Waals surface area contributed by atoms with Gasteiger partial charge in [0.2, 0.25) is 0 Å². The summed E-state index contributed by atoms with van der Waals surface area (Å²) in [6, 6.07) is 4.17. The van der Waals surface area contributed by atoms with Crippen LogP contribution in [0.1, 0.15) is 38.3 Å². The lowest BCUT2D eigenvalue weighted by Gasteiger charge is -2.24. The summed E-state index contributed by atoms with van der Waals surface area (Å²) in [4.78, 5) is 10.3. The van der Waals surface area contributed by atoms with Crippen LogP contribution in [0.3, 0.4) is 0 Å². The van der Waals surface area contributed by atoms with Gasteiger partial charge in [-0.3, -0.25) is 0 Å². The summed E-state index contributed by atoms with van der Waals surface area (Å²) in [5.74, 6) is 0.852. The smallest absolute Gasteiger partial charge is 0.137 e. The van der Waals surface area contributed by atoms with Crippen molar-refractivity contribution in [1.29, 1.82) is 0 Å². The molecule has 0 radical (unpaired) electrons. The molecule has 17 heavy (non-hydrogen) atoms. The van der Waals surface area contributed by atoms with E-state index in [0.717, 1.165) is 22.1 Å². The Hall–Kier alpha value is -0.830. The van der Waals surface area contributed by atoms with Gasteiger partial charge in [0.05, 0.1) is 11.1 Å². The molecule has 0 aliphatic carbocycles. The fraction of sp³-hybridized carbons (Fsp3) is 0.500. The van der Waals surface area contributed by atoms with Gasteiger partial charge in [-0.15, -0.1) is 0 Å². The highest BCUT2D eigenvalue weighted by Gasteiger charge is 2.21. The summed E-state index contributed by atoms with van der Waals surface area (Å²) < 4.78 is 6.66. The minimum absolute atomic E-state index is 0.0189. The topological polar surface area (TPSA) is 26.3 Å². The van der Waals surface area contributed by atoms with Gasteiger partial charge in [-0.05, 0) is 39.9 Å². The number of rotatable bonds is 4. The standard InChI is InChI=1S/C14H19BrO2/c1-10-8-11(14(2,3)4)13(12(15)9-10)17-7-5-6-16/h6,8-9H,5,7H2,1-4H3. The number of aryl methyl sites for hydroxylation is 1. The molecule has 0 unspecified atom stereocenters. The van der Waals surface area contributed by atoms with E-state index in [4.69, 9.17) is 4.74 Å². The van der Waals surface area contributed by atoms with E-state index in [1.165, 1.54) is 5.56 Å². The van der Waals surface area contributed by atoms with Crippen LogP contribution in [-0.4, -0.2) is 12.9 Å². The van der Waals surface area contributed by atoms with Crippen LogP contribution in [0, 0.1) is 6.92 Å². The molecule has 1 aromatic carbocycles. The van der Waals surface area contributed by atoms with Crippen molar-refractivity contribution in [2.75, 3.05) is 6.61 Å². The fourth-order valence-electron chi connectivity index (χ4n) is 1.64. The minimum Gasteiger partial charge on any atom is -0.492 e. The molecule has 0 bridgehead atoms. The Morgan fingerprint density at radius 1 is 1.35 bits per heavy atom. The van der Waals surface area contributed by atoms with Crippen LogP contribution in [0.15, 0.2) is 16.6 Å². The van der Waals surface area contributed by atoms with Crippen LogP contribution in [0.2, 0.25) is 0 Å². The molecule has 0 spiro atoms. The van der Waals surface area contributed by atoms with Gasteiger partial charge in [-0.25, -0.2) is 0 Å². The van der Waals surface area contributed by atoms with Gasteiger partial charge in [-0.1, -0.05) is 26.8 Å². The molecule has 0 aliphatic heterocycles. The molecule has 1 rings (SSSR count). The van der Waals surface area contributed by atoms with Gasteiger partial charge < -0.3 is 9.53 Å². The van der Waals surface area contributed by atoms with Crippen LogP contribution in [0.5, 0.6) is 5.75 Å². The molecule has 1 aromatic rings. The molecule has 94 valence electrons. The molecule has 0 fully saturated rings. The summed E-state index contributed by atoms with van der Waals surface area (Å²) in [5, 5.41) is 0. The molecule has 0 atom stereocenters. The van der Waals surface area contributed by atoms with Gasteiger partial charge in [0.15, 0.2) is 0 Å². The van der Waals surface area contributed by atoms with E-state index in [0.29, 0.717) is 13.0 Å². The highest BCUT2D eigenvalue weighted by Crippen LogP contribution is 2.38. The molecular formula is C14H19BrO2. The molecule has 0 saturated carbocycles. The minimum atomic E-state index is 0.0189. The Morgan fingerprint density at radius 3 is 2.53 bits per heavy atom. The number of hydrogen-bond acceptors (Lipinski definition) is 2. The average Bonchev–Trinajstić information content (AvgIpc) is 2.19. The van der Waals surface area contributed by atoms with E-state index in [2.05, 4.69) is 49.7 Å². The molecule has 0 heterocycles. The zero-order chi connectivity index (χ0) is 13.1. The number of benzene rings is 1. The molecule has 0 amide bonds. The monoisotopic (exact) mass is 298 g/mol. The molecule has 2 nitrogen and oxygen atoms in total. The molecule has 0 saturated heterocycles. The summed E-state index contributed by atoms with van der Waals surface area (Å²) in [7, 11) is 0. The van der Waals surface area contributed by atoms with Crippen molar-refractivity contribution in [1.82, 2.24) is 0 Å². The van der Waals surface area contributed by atoms with Crippen molar-refractivity contribution in [3.8, 4) is 5.75 Å². The third-order valence-electron chi connectivity index (χ3n) is 2.48. The molecular weight excluding hydrogens is 280 g/mol. The number of carbonyl (C=O) groups is 1. The Morgan fingerprint density at radius 2 is 2.00 bits per heavy atom. The Labute approximate surface area is 111 Å². The maximum absolute atomic E-state index is 10.3. The lowest BCUT2D eigenvalue weighted by molar-refractivity contribution is -0.108. The molecule has 0 aliphatic rings. The van der Waals surface area contributed by atoms with Gasteiger partial charge in [0.25, 0.3) is 0 Å². The van der Waals surface area contributed by atoms with Gasteiger partial charge >= 0.3 is 0 Å².